The first-order valence-electron chi connectivity index (χ1n) is 10.7. The Bertz CT molecular complexity index is 865. The number of carbonyl (C=O) groups is 3. The number of rotatable bonds is 11. The zero-order chi connectivity index (χ0) is 22.5. The van der Waals surface area contributed by atoms with E-state index < -0.39 is 11.8 Å². The highest BCUT2D eigenvalue weighted by Gasteiger charge is 2.09. The molecule has 0 bridgehead atoms. The molecule has 7 nitrogen and oxygen atoms in total. The fraction of sp³-hybridized carbons (Fsp3) is 0.375. The maximum absolute atomic E-state index is 12.2. The van der Waals surface area contributed by atoms with Gasteiger partial charge in [-0.25, -0.2) is 0 Å². The summed E-state index contributed by atoms with van der Waals surface area (Å²) in [6, 6.07) is 14.0. The molecule has 0 aliphatic heterocycles. The Morgan fingerprint density at radius 1 is 0.871 bits per heavy atom. The van der Waals surface area contributed by atoms with Crippen LogP contribution in [-0.2, 0) is 4.79 Å². The van der Waals surface area contributed by atoms with E-state index in [1.807, 2.05) is 13.0 Å². The topological polar surface area (TPSA) is 96.5 Å². The molecule has 2 aromatic carbocycles. The van der Waals surface area contributed by atoms with Crippen LogP contribution >= 0.6 is 0 Å². The third-order valence-electron chi connectivity index (χ3n) is 4.62. The average molecular weight is 426 g/mol. The summed E-state index contributed by atoms with van der Waals surface area (Å²) in [6.45, 7) is 4.89. The van der Waals surface area contributed by atoms with Crippen molar-refractivity contribution < 1.29 is 19.1 Å². The summed E-state index contributed by atoms with van der Waals surface area (Å²) < 4.78 is 5.65. The van der Waals surface area contributed by atoms with Crippen LogP contribution < -0.4 is 20.9 Å². The molecule has 2 rings (SSSR count). The molecule has 0 atom stereocenters. The van der Waals surface area contributed by atoms with E-state index in [0.29, 0.717) is 23.5 Å². The molecule has 0 aliphatic rings. The van der Waals surface area contributed by atoms with Crippen molar-refractivity contribution in [3.8, 4) is 5.75 Å². The summed E-state index contributed by atoms with van der Waals surface area (Å²) >= 11 is 0. The highest BCUT2D eigenvalue weighted by Crippen LogP contribution is 2.13. The maximum atomic E-state index is 12.2. The predicted molar refractivity (Wildman–Crippen MR) is 120 cm³/mol. The lowest BCUT2D eigenvalue weighted by Gasteiger charge is -2.09. The fourth-order valence-electron chi connectivity index (χ4n) is 2.86. The quantitative estimate of drug-likeness (QED) is 0.379. The number of carbonyl (C=O) groups excluding carboxylic acids is 3. The van der Waals surface area contributed by atoms with Gasteiger partial charge in [-0.05, 0) is 49.7 Å². The second-order valence-corrected chi connectivity index (χ2v) is 7.31. The van der Waals surface area contributed by atoms with E-state index in [-0.39, 0.29) is 18.9 Å². The van der Waals surface area contributed by atoms with Crippen LogP contribution in [0.1, 0.15) is 65.3 Å². The van der Waals surface area contributed by atoms with Gasteiger partial charge < -0.3 is 10.1 Å². The van der Waals surface area contributed by atoms with Crippen molar-refractivity contribution in [3.63, 3.8) is 0 Å². The molecule has 31 heavy (non-hydrogen) atoms. The van der Waals surface area contributed by atoms with Crippen LogP contribution in [-0.4, -0.2) is 30.9 Å². The minimum Gasteiger partial charge on any atom is -0.494 e. The van der Waals surface area contributed by atoms with Gasteiger partial charge in [0.2, 0.25) is 5.91 Å². The van der Waals surface area contributed by atoms with Crippen molar-refractivity contribution in [2.75, 3.05) is 13.2 Å². The monoisotopic (exact) mass is 425 g/mol. The first-order valence-corrected chi connectivity index (χ1v) is 10.7. The molecule has 0 spiro atoms. The third kappa shape index (κ3) is 8.90. The normalized spacial score (nSPS) is 10.3. The summed E-state index contributed by atoms with van der Waals surface area (Å²) in [4.78, 5) is 36.1. The molecular formula is C24H31N3O4. The van der Waals surface area contributed by atoms with Crippen molar-refractivity contribution in [1.82, 2.24) is 16.2 Å². The smallest absolute Gasteiger partial charge is 0.269 e. The predicted octanol–water partition coefficient (Wildman–Crippen LogP) is 3.54. The Labute approximate surface area is 183 Å². The van der Waals surface area contributed by atoms with Gasteiger partial charge in [0.1, 0.15) is 5.75 Å². The van der Waals surface area contributed by atoms with Crippen LogP contribution in [0.5, 0.6) is 5.75 Å². The van der Waals surface area contributed by atoms with Crippen molar-refractivity contribution >= 4 is 17.7 Å². The second-order valence-electron chi connectivity index (χ2n) is 7.31. The SMILES string of the molecule is CCCCCCOc1ccc(C(=O)NNC(=O)CCNC(=O)c2cccc(C)c2)cc1. The van der Waals surface area contributed by atoms with Crippen LogP contribution in [0.25, 0.3) is 0 Å². The van der Waals surface area contributed by atoms with Crippen molar-refractivity contribution in [2.45, 2.75) is 46.0 Å². The third-order valence-corrected chi connectivity index (χ3v) is 4.62. The number of nitrogens with one attached hydrogen (secondary N) is 3. The van der Waals surface area contributed by atoms with Gasteiger partial charge in [-0.2, -0.15) is 0 Å². The summed E-state index contributed by atoms with van der Waals surface area (Å²) in [5.74, 6) is -0.355. The van der Waals surface area contributed by atoms with E-state index in [9.17, 15) is 14.4 Å². The number of benzene rings is 2. The zero-order valence-corrected chi connectivity index (χ0v) is 18.2. The first-order chi connectivity index (χ1) is 15.0. The Balaban J connectivity index is 1.65. The average Bonchev–Trinajstić information content (AvgIpc) is 2.77. The number of amides is 3. The molecule has 0 saturated heterocycles. The molecule has 0 aromatic heterocycles. The van der Waals surface area contributed by atoms with Gasteiger partial charge in [0.15, 0.2) is 0 Å². The van der Waals surface area contributed by atoms with Crippen LogP contribution in [0.2, 0.25) is 0 Å². The minimum absolute atomic E-state index is 0.0443. The van der Waals surface area contributed by atoms with Crippen LogP contribution in [0.15, 0.2) is 48.5 Å². The van der Waals surface area contributed by atoms with Crippen LogP contribution in [0.4, 0.5) is 0 Å². The molecule has 0 aliphatic carbocycles. The summed E-state index contributed by atoms with van der Waals surface area (Å²) in [7, 11) is 0. The Morgan fingerprint density at radius 3 is 2.35 bits per heavy atom. The molecule has 0 fully saturated rings. The number of hydrazine groups is 1. The Hall–Kier alpha value is -3.35. The molecule has 3 amide bonds. The van der Waals surface area contributed by atoms with Crippen molar-refractivity contribution in [3.05, 3.63) is 65.2 Å². The summed E-state index contributed by atoms with van der Waals surface area (Å²) in [6.07, 6.45) is 4.58. The number of hydrogen-bond acceptors (Lipinski definition) is 4. The molecule has 0 heterocycles. The van der Waals surface area contributed by atoms with E-state index in [4.69, 9.17) is 4.74 Å². The lowest BCUT2D eigenvalue weighted by atomic mass is 10.1. The molecule has 0 radical (unpaired) electrons. The zero-order valence-electron chi connectivity index (χ0n) is 18.2. The minimum atomic E-state index is -0.424. The lowest BCUT2D eigenvalue weighted by Crippen LogP contribution is -2.42. The van der Waals surface area contributed by atoms with Crippen molar-refractivity contribution in [2.24, 2.45) is 0 Å². The molecule has 3 N–H and O–H groups in total. The van der Waals surface area contributed by atoms with Crippen LogP contribution in [0, 0.1) is 6.92 Å². The molecular weight excluding hydrogens is 394 g/mol. The van der Waals surface area contributed by atoms with Crippen molar-refractivity contribution in [1.29, 1.82) is 0 Å². The Morgan fingerprint density at radius 2 is 1.65 bits per heavy atom. The maximum Gasteiger partial charge on any atom is 0.269 e. The van der Waals surface area contributed by atoms with E-state index >= 15 is 0 Å². The lowest BCUT2D eigenvalue weighted by molar-refractivity contribution is -0.121. The van der Waals surface area contributed by atoms with Crippen LogP contribution in [0.3, 0.4) is 0 Å². The summed E-state index contributed by atoms with van der Waals surface area (Å²) in [5.41, 5.74) is 6.66. The molecule has 7 heteroatoms. The first kappa shape index (κ1) is 23.9. The van der Waals surface area contributed by atoms with Gasteiger partial charge in [-0.3, -0.25) is 25.2 Å². The molecule has 166 valence electrons. The number of ether oxygens (including phenoxy) is 1. The molecule has 2 aromatic rings. The number of aryl methyl sites for hydroxylation is 1. The number of hydrogen-bond donors (Lipinski definition) is 3. The largest absolute Gasteiger partial charge is 0.494 e. The Kier molecular flexibility index (Phi) is 10.1. The second kappa shape index (κ2) is 13.1. The molecule has 0 unspecified atom stereocenters. The highest BCUT2D eigenvalue weighted by atomic mass is 16.5. The summed E-state index contributed by atoms with van der Waals surface area (Å²) in [5, 5.41) is 2.68. The van der Waals surface area contributed by atoms with Gasteiger partial charge in [0.25, 0.3) is 11.8 Å². The van der Waals surface area contributed by atoms with E-state index in [1.54, 1.807) is 42.5 Å². The van der Waals surface area contributed by atoms with E-state index in [0.717, 1.165) is 18.4 Å². The van der Waals surface area contributed by atoms with Gasteiger partial charge in [0.05, 0.1) is 6.61 Å². The highest BCUT2D eigenvalue weighted by molar-refractivity contribution is 5.96. The standard InChI is InChI=1S/C24H31N3O4/c1-3-4-5-6-16-31-21-12-10-19(11-13-21)24(30)27-26-22(28)14-15-25-23(29)20-9-7-8-18(2)17-20/h7-13,17H,3-6,14-16H2,1-2H3,(H,25,29)(H,26,28)(H,27,30). The molecule has 0 saturated carbocycles. The van der Waals surface area contributed by atoms with Gasteiger partial charge >= 0.3 is 0 Å². The van der Waals surface area contributed by atoms with Gasteiger partial charge in [-0.15, -0.1) is 0 Å². The number of unbranched alkanes of at least 4 members (excludes halogenated alkanes) is 3. The van der Waals surface area contributed by atoms with Gasteiger partial charge in [0, 0.05) is 24.1 Å². The van der Waals surface area contributed by atoms with Gasteiger partial charge in [-0.1, -0.05) is 43.9 Å². The fourth-order valence-corrected chi connectivity index (χ4v) is 2.86. The van der Waals surface area contributed by atoms with E-state index in [2.05, 4.69) is 23.1 Å². The van der Waals surface area contributed by atoms with E-state index in [1.165, 1.54) is 12.8 Å².